The molecule has 3 N–H and O–H groups in total. The number of oxime groups is 1. The maximum Gasteiger partial charge on any atom is 0.433 e. The molecule has 4 rings (SSSR count). The number of carbonyl (C=O) groups excluding carboxylic acids is 2. The van der Waals surface area contributed by atoms with Gasteiger partial charge < -0.3 is 20.6 Å². The highest BCUT2D eigenvalue weighted by Crippen LogP contribution is 2.40. The Balaban J connectivity index is 1.63. The number of para-hydroxylation sites is 1. The van der Waals surface area contributed by atoms with Gasteiger partial charge in [-0.05, 0) is 30.7 Å². The Labute approximate surface area is 189 Å². The molecule has 0 radical (unpaired) electrons. The number of benzene rings is 1. The van der Waals surface area contributed by atoms with E-state index in [9.17, 15) is 22.8 Å². The number of ether oxygens (including phenoxy) is 1. The molecule has 2 aromatic heterocycles. The number of rotatable bonds is 5. The first-order valence-corrected chi connectivity index (χ1v) is 10.4. The molecule has 1 atom stereocenters. The lowest BCUT2D eigenvalue weighted by Crippen LogP contribution is -2.29. The van der Waals surface area contributed by atoms with Crippen molar-refractivity contribution in [3.8, 4) is 5.75 Å². The molecule has 1 aromatic carbocycles. The molecule has 172 valence electrons. The average Bonchev–Trinajstić information content (AvgIpc) is 3.39. The van der Waals surface area contributed by atoms with Gasteiger partial charge >= 0.3 is 6.18 Å². The van der Waals surface area contributed by atoms with Crippen LogP contribution in [0, 0.1) is 6.92 Å². The summed E-state index contributed by atoms with van der Waals surface area (Å²) in [7, 11) is 1.51. The van der Waals surface area contributed by atoms with Gasteiger partial charge in [-0.2, -0.15) is 13.2 Å². The summed E-state index contributed by atoms with van der Waals surface area (Å²) < 4.78 is 44.8. The number of halogens is 3. The highest BCUT2D eigenvalue weighted by atomic mass is 32.1. The normalized spacial score (nSPS) is 15.8. The number of nitrogens with zero attached hydrogens (tertiary/aromatic N) is 2. The Bertz CT molecular complexity index is 1300. The minimum absolute atomic E-state index is 0.000524. The number of hydrogen-bond donors (Lipinski definition) is 2. The Hall–Kier alpha value is -3.67. The predicted octanol–water partition coefficient (Wildman–Crippen LogP) is 3.86. The molecular weight excluding hydrogens is 461 g/mol. The number of primary amides is 1. The van der Waals surface area contributed by atoms with Crippen LogP contribution in [-0.4, -0.2) is 35.7 Å². The third-order valence-corrected chi connectivity index (χ3v) is 6.10. The van der Waals surface area contributed by atoms with Gasteiger partial charge in [0.05, 0.1) is 18.5 Å². The summed E-state index contributed by atoms with van der Waals surface area (Å²) in [5, 5.41) is 6.76. The van der Waals surface area contributed by atoms with Gasteiger partial charge in [-0.1, -0.05) is 17.3 Å². The van der Waals surface area contributed by atoms with Crippen molar-refractivity contribution in [2.75, 3.05) is 12.4 Å². The Morgan fingerprint density at radius 3 is 2.70 bits per heavy atom. The Morgan fingerprint density at radius 1 is 1.30 bits per heavy atom. The van der Waals surface area contributed by atoms with Gasteiger partial charge in [0.1, 0.15) is 21.2 Å². The van der Waals surface area contributed by atoms with Crippen molar-refractivity contribution in [2.45, 2.75) is 25.6 Å². The highest BCUT2D eigenvalue weighted by molar-refractivity contribution is 7.21. The standard InChI is InChI=1S/C21H17F3N4O4S/c1-9-7-14(21(22,23)24)26-20-15(9)16(17(33-20)18(25)29)27-19(30)13-8-11(28-32-13)10-5-3-4-6-12(10)31-2/h3-7,13H,8H2,1-2H3,(H2,25,29)(H,27,30). The molecule has 0 saturated heterocycles. The minimum Gasteiger partial charge on any atom is -0.496 e. The van der Waals surface area contributed by atoms with E-state index in [0.29, 0.717) is 28.4 Å². The summed E-state index contributed by atoms with van der Waals surface area (Å²) in [6, 6.07) is 7.94. The first-order chi connectivity index (χ1) is 15.6. The van der Waals surface area contributed by atoms with Crippen molar-refractivity contribution in [3.05, 3.63) is 52.0 Å². The maximum atomic E-state index is 13.1. The number of pyridine rings is 1. The van der Waals surface area contributed by atoms with Gasteiger partial charge in [-0.3, -0.25) is 9.59 Å². The number of amides is 2. The molecule has 3 aromatic rings. The zero-order chi connectivity index (χ0) is 23.9. The SMILES string of the molecule is COc1ccccc1C1=NOC(C(=O)Nc2c(C(N)=O)sc3nc(C(F)(F)F)cc(C)c23)C1. The number of alkyl halides is 3. The summed E-state index contributed by atoms with van der Waals surface area (Å²) in [6.07, 6.45) is -5.57. The van der Waals surface area contributed by atoms with Crippen molar-refractivity contribution in [1.29, 1.82) is 0 Å². The van der Waals surface area contributed by atoms with Crippen LogP contribution in [0.3, 0.4) is 0 Å². The number of hydrogen-bond acceptors (Lipinski definition) is 7. The largest absolute Gasteiger partial charge is 0.496 e. The Morgan fingerprint density at radius 2 is 2.03 bits per heavy atom. The molecule has 33 heavy (non-hydrogen) atoms. The van der Waals surface area contributed by atoms with Crippen molar-refractivity contribution < 1.29 is 32.3 Å². The van der Waals surface area contributed by atoms with E-state index in [2.05, 4.69) is 15.5 Å². The molecule has 1 aliphatic heterocycles. The molecule has 0 spiro atoms. The van der Waals surface area contributed by atoms with Crippen LogP contribution >= 0.6 is 11.3 Å². The lowest BCUT2D eigenvalue weighted by molar-refractivity contribution is -0.141. The fourth-order valence-electron chi connectivity index (χ4n) is 3.48. The lowest BCUT2D eigenvalue weighted by Gasteiger charge is -2.12. The van der Waals surface area contributed by atoms with Crippen molar-refractivity contribution in [3.63, 3.8) is 0 Å². The molecular formula is C21H17F3N4O4S. The number of nitrogens with two attached hydrogens (primary N) is 1. The van der Waals surface area contributed by atoms with E-state index in [1.807, 2.05) is 0 Å². The molecule has 1 unspecified atom stereocenters. The maximum absolute atomic E-state index is 13.1. The highest BCUT2D eigenvalue weighted by Gasteiger charge is 2.35. The van der Waals surface area contributed by atoms with E-state index >= 15 is 0 Å². The fraction of sp³-hybridized carbons (Fsp3) is 0.238. The molecule has 12 heteroatoms. The van der Waals surface area contributed by atoms with Crippen LogP contribution in [0.2, 0.25) is 0 Å². The van der Waals surface area contributed by atoms with E-state index in [1.165, 1.54) is 14.0 Å². The smallest absolute Gasteiger partial charge is 0.433 e. The number of carbonyl (C=O) groups is 2. The topological polar surface area (TPSA) is 116 Å². The molecule has 0 aliphatic carbocycles. The third-order valence-electron chi connectivity index (χ3n) is 5.00. The van der Waals surface area contributed by atoms with Crippen molar-refractivity contribution in [2.24, 2.45) is 10.9 Å². The van der Waals surface area contributed by atoms with Crippen LogP contribution < -0.4 is 15.8 Å². The minimum atomic E-state index is -4.66. The second-order valence-electron chi connectivity index (χ2n) is 7.20. The van der Waals surface area contributed by atoms with Crippen LogP contribution in [-0.2, 0) is 15.8 Å². The number of fused-ring (bicyclic) bond motifs is 1. The fourth-order valence-corrected chi connectivity index (χ4v) is 4.54. The number of aromatic nitrogens is 1. The van der Waals surface area contributed by atoms with Crippen molar-refractivity contribution in [1.82, 2.24) is 4.98 Å². The van der Waals surface area contributed by atoms with Crippen LogP contribution in [0.4, 0.5) is 18.9 Å². The summed E-state index contributed by atoms with van der Waals surface area (Å²) in [4.78, 5) is 33.6. The summed E-state index contributed by atoms with van der Waals surface area (Å²) in [5.74, 6) is -0.979. The second kappa shape index (κ2) is 8.35. The molecule has 2 amide bonds. The van der Waals surface area contributed by atoms with E-state index in [4.69, 9.17) is 15.3 Å². The predicted molar refractivity (Wildman–Crippen MR) is 116 cm³/mol. The molecule has 0 bridgehead atoms. The van der Waals surface area contributed by atoms with E-state index in [-0.39, 0.29) is 32.8 Å². The van der Waals surface area contributed by atoms with Crippen LogP contribution in [0.1, 0.15) is 32.9 Å². The molecule has 0 saturated carbocycles. The second-order valence-corrected chi connectivity index (χ2v) is 8.20. The average molecular weight is 478 g/mol. The monoisotopic (exact) mass is 478 g/mol. The van der Waals surface area contributed by atoms with Crippen LogP contribution in [0.15, 0.2) is 35.5 Å². The number of anilines is 1. The summed E-state index contributed by atoms with van der Waals surface area (Å²) in [6.45, 7) is 1.43. The Kier molecular flexibility index (Phi) is 5.70. The molecule has 8 nitrogen and oxygen atoms in total. The zero-order valence-corrected chi connectivity index (χ0v) is 18.1. The number of methoxy groups -OCH3 is 1. The van der Waals surface area contributed by atoms with Gasteiger partial charge in [-0.25, -0.2) is 4.98 Å². The zero-order valence-electron chi connectivity index (χ0n) is 17.3. The summed E-state index contributed by atoms with van der Waals surface area (Å²) >= 11 is 0.677. The van der Waals surface area contributed by atoms with Gasteiger partial charge in [0.25, 0.3) is 11.8 Å². The third kappa shape index (κ3) is 4.21. The van der Waals surface area contributed by atoms with Gasteiger partial charge in [0.2, 0.25) is 6.10 Å². The van der Waals surface area contributed by atoms with E-state index in [1.54, 1.807) is 24.3 Å². The van der Waals surface area contributed by atoms with Crippen LogP contribution in [0.5, 0.6) is 5.75 Å². The van der Waals surface area contributed by atoms with Crippen LogP contribution in [0.25, 0.3) is 10.2 Å². The van der Waals surface area contributed by atoms with Gasteiger partial charge in [-0.15, -0.1) is 11.3 Å². The molecule has 3 heterocycles. The number of thiophene rings is 1. The van der Waals surface area contributed by atoms with E-state index in [0.717, 1.165) is 6.07 Å². The van der Waals surface area contributed by atoms with Gasteiger partial charge in [0, 0.05) is 17.4 Å². The molecule has 0 fully saturated rings. The van der Waals surface area contributed by atoms with Crippen molar-refractivity contribution >= 4 is 44.8 Å². The summed E-state index contributed by atoms with van der Waals surface area (Å²) in [5.41, 5.74) is 5.65. The quantitative estimate of drug-likeness (QED) is 0.578. The number of aryl methyl sites for hydroxylation is 1. The van der Waals surface area contributed by atoms with E-state index < -0.39 is 29.8 Å². The van der Waals surface area contributed by atoms with Gasteiger partial charge in [0.15, 0.2) is 0 Å². The lowest BCUT2D eigenvalue weighted by atomic mass is 10.0. The first-order valence-electron chi connectivity index (χ1n) is 9.58. The first kappa shape index (κ1) is 22.5. The molecule has 1 aliphatic rings. The number of nitrogens with one attached hydrogen (secondary N) is 1.